The first-order valence-electron chi connectivity index (χ1n) is 6.03. The minimum absolute atomic E-state index is 0.0719. The van der Waals surface area contributed by atoms with Crippen LogP contribution in [0.15, 0.2) is 54.6 Å². The van der Waals surface area contributed by atoms with Crippen molar-refractivity contribution in [2.24, 2.45) is 0 Å². The molecule has 0 nitrogen and oxygen atoms in total. The highest BCUT2D eigenvalue weighted by Crippen LogP contribution is 2.38. The van der Waals surface area contributed by atoms with E-state index in [1.54, 1.807) is 11.8 Å². The molecule has 0 N–H and O–H groups in total. The summed E-state index contributed by atoms with van der Waals surface area (Å²) in [5.74, 6) is 0. The lowest BCUT2D eigenvalue weighted by Gasteiger charge is -2.25. The molecule has 2 rings (SSSR count). The summed E-state index contributed by atoms with van der Waals surface area (Å²) < 4.78 is 0.845. The Morgan fingerprint density at radius 2 is 1.58 bits per heavy atom. The van der Waals surface area contributed by atoms with Gasteiger partial charge in [-0.25, -0.2) is 0 Å². The number of thioether (sulfide) groups is 1. The van der Waals surface area contributed by atoms with Crippen LogP contribution in [-0.4, -0.2) is 4.20 Å². The van der Waals surface area contributed by atoms with Crippen molar-refractivity contribution >= 4 is 39.8 Å². The molecule has 98 valence electrons. The Morgan fingerprint density at radius 1 is 1.00 bits per heavy atom. The monoisotopic (exact) mass is 306 g/mol. The number of hydrogen-bond acceptors (Lipinski definition) is 2. The standard InChI is InChI=1S/C16H15ClS2/c1-16(2,13-8-10-14(17)11-9-13)19-15(18)12-6-4-3-5-7-12/h3-11H,1-2H3. The maximum absolute atomic E-state index is 5.93. The molecule has 0 aliphatic carbocycles. The average molecular weight is 307 g/mol. The number of thiocarbonyl (C=S) groups is 1. The van der Waals surface area contributed by atoms with Crippen molar-refractivity contribution in [3.05, 3.63) is 70.7 Å². The van der Waals surface area contributed by atoms with Gasteiger partial charge in [-0.1, -0.05) is 66.3 Å². The van der Waals surface area contributed by atoms with Crippen LogP contribution in [-0.2, 0) is 4.75 Å². The van der Waals surface area contributed by atoms with Crippen molar-refractivity contribution in [2.45, 2.75) is 18.6 Å². The third-order valence-corrected chi connectivity index (χ3v) is 4.80. The van der Waals surface area contributed by atoms with Crippen molar-refractivity contribution in [3.63, 3.8) is 0 Å². The van der Waals surface area contributed by atoms with Crippen LogP contribution in [0.3, 0.4) is 0 Å². The molecule has 0 aliphatic heterocycles. The third kappa shape index (κ3) is 3.82. The normalized spacial score (nSPS) is 11.3. The zero-order chi connectivity index (χ0) is 13.9. The highest BCUT2D eigenvalue weighted by molar-refractivity contribution is 8.24. The molecule has 0 unspecified atom stereocenters. The Bertz CT molecular complexity index is 559. The fourth-order valence-electron chi connectivity index (χ4n) is 1.78. The van der Waals surface area contributed by atoms with E-state index in [9.17, 15) is 0 Å². The first-order valence-corrected chi connectivity index (χ1v) is 7.64. The zero-order valence-electron chi connectivity index (χ0n) is 10.9. The molecule has 0 saturated heterocycles. The molecular weight excluding hydrogens is 292 g/mol. The average Bonchev–Trinajstić information content (AvgIpc) is 2.40. The molecule has 0 saturated carbocycles. The van der Waals surface area contributed by atoms with Gasteiger partial charge in [0.05, 0.1) is 4.20 Å². The Morgan fingerprint density at radius 3 is 2.16 bits per heavy atom. The number of halogens is 1. The summed E-state index contributed by atoms with van der Waals surface area (Å²) in [4.78, 5) is 0. The van der Waals surface area contributed by atoms with E-state index in [-0.39, 0.29) is 4.75 Å². The molecule has 0 spiro atoms. The molecule has 0 aliphatic rings. The second kappa shape index (κ2) is 6.08. The van der Waals surface area contributed by atoms with Gasteiger partial charge in [-0.15, -0.1) is 11.8 Å². The van der Waals surface area contributed by atoms with Crippen molar-refractivity contribution in [3.8, 4) is 0 Å². The lowest BCUT2D eigenvalue weighted by molar-refractivity contribution is 0.788. The van der Waals surface area contributed by atoms with Crippen LogP contribution in [0.4, 0.5) is 0 Å². The minimum Gasteiger partial charge on any atom is -0.103 e. The summed E-state index contributed by atoms with van der Waals surface area (Å²) in [5, 5.41) is 0.759. The summed E-state index contributed by atoms with van der Waals surface area (Å²) in [6.45, 7) is 4.35. The van der Waals surface area contributed by atoms with E-state index in [2.05, 4.69) is 26.0 Å². The highest BCUT2D eigenvalue weighted by Gasteiger charge is 2.23. The van der Waals surface area contributed by atoms with Gasteiger partial charge in [0.1, 0.15) is 0 Å². The van der Waals surface area contributed by atoms with Crippen LogP contribution >= 0.6 is 35.6 Å². The van der Waals surface area contributed by atoms with Crippen molar-refractivity contribution in [2.75, 3.05) is 0 Å². The first kappa shape index (κ1) is 14.6. The van der Waals surface area contributed by atoms with E-state index in [0.29, 0.717) is 0 Å². The Hall–Kier alpha value is -0.830. The summed E-state index contributed by atoms with van der Waals surface area (Å²) >= 11 is 13.2. The van der Waals surface area contributed by atoms with Crippen molar-refractivity contribution in [1.29, 1.82) is 0 Å². The minimum atomic E-state index is -0.0719. The van der Waals surface area contributed by atoms with Gasteiger partial charge in [0.15, 0.2) is 0 Å². The van der Waals surface area contributed by atoms with Crippen molar-refractivity contribution in [1.82, 2.24) is 0 Å². The van der Waals surface area contributed by atoms with Gasteiger partial charge in [0, 0.05) is 9.77 Å². The molecule has 0 atom stereocenters. The van der Waals surface area contributed by atoms with E-state index < -0.39 is 0 Å². The molecule has 2 aromatic carbocycles. The molecule has 19 heavy (non-hydrogen) atoms. The molecule has 0 aromatic heterocycles. The van der Waals surface area contributed by atoms with Gasteiger partial charge in [-0.3, -0.25) is 0 Å². The summed E-state index contributed by atoms with van der Waals surface area (Å²) in [6.07, 6.45) is 0. The number of benzene rings is 2. The van der Waals surface area contributed by atoms with Gasteiger partial charge in [-0.05, 0) is 37.1 Å². The number of hydrogen-bond donors (Lipinski definition) is 0. The fourth-order valence-corrected chi connectivity index (χ4v) is 3.63. The molecule has 2 aromatic rings. The van der Waals surface area contributed by atoms with Crippen LogP contribution in [0, 0.1) is 0 Å². The maximum atomic E-state index is 5.93. The second-order valence-electron chi connectivity index (χ2n) is 4.77. The lowest BCUT2D eigenvalue weighted by Crippen LogP contribution is -2.14. The van der Waals surface area contributed by atoms with Crippen LogP contribution in [0.5, 0.6) is 0 Å². The molecule has 3 heteroatoms. The van der Waals surface area contributed by atoms with E-state index in [4.69, 9.17) is 23.8 Å². The van der Waals surface area contributed by atoms with Crippen LogP contribution in [0.25, 0.3) is 0 Å². The predicted molar refractivity (Wildman–Crippen MR) is 90.2 cm³/mol. The molecular formula is C16H15ClS2. The zero-order valence-corrected chi connectivity index (χ0v) is 13.3. The summed E-state index contributed by atoms with van der Waals surface area (Å²) in [7, 11) is 0. The van der Waals surface area contributed by atoms with Crippen molar-refractivity contribution < 1.29 is 0 Å². The van der Waals surface area contributed by atoms with Gasteiger partial charge >= 0.3 is 0 Å². The van der Waals surface area contributed by atoms with Crippen LogP contribution in [0.1, 0.15) is 25.0 Å². The largest absolute Gasteiger partial charge is 0.103 e. The Kier molecular flexibility index (Phi) is 4.67. The lowest BCUT2D eigenvalue weighted by atomic mass is 10.0. The fraction of sp³-hybridized carbons (Fsp3) is 0.188. The molecule has 0 fully saturated rings. The van der Waals surface area contributed by atoms with E-state index in [1.165, 1.54) is 5.56 Å². The van der Waals surface area contributed by atoms with Gasteiger partial charge < -0.3 is 0 Å². The van der Waals surface area contributed by atoms with E-state index in [0.717, 1.165) is 14.8 Å². The molecule has 0 heterocycles. The molecule has 0 bridgehead atoms. The quantitative estimate of drug-likeness (QED) is 0.669. The number of rotatable bonds is 3. The highest BCUT2D eigenvalue weighted by atomic mass is 35.5. The Labute approximate surface area is 129 Å². The maximum Gasteiger partial charge on any atom is 0.0786 e. The van der Waals surface area contributed by atoms with Crippen LogP contribution in [0.2, 0.25) is 5.02 Å². The molecule has 0 amide bonds. The predicted octanol–water partition coefficient (Wildman–Crippen LogP) is 5.68. The summed E-state index contributed by atoms with van der Waals surface area (Å²) in [6, 6.07) is 18.1. The van der Waals surface area contributed by atoms with E-state index in [1.807, 2.05) is 42.5 Å². The first-order chi connectivity index (χ1) is 8.99. The second-order valence-corrected chi connectivity index (χ2v) is 7.51. The van der Waals surface area contributed by atoms with Gasteiger partial charge in [0.25, 0.3) is 0 Å². The molecule has 0 radical (unpaired) electrons. The SMILES string of the molecule is CC(C)(SC(=S)c1ccccc1)c1ccc(Cl)cc1. The van der Waals surface area contributed by atoms with Crippen LogP contribution < -0.4 is 0 Å². The Balaban J connectivity index is 2.17. The van der Waals surface area contributed by atoms with E-state index >= 15 is 0 Å². The van der Waals surface area contributed by atoms with Gasteiger partial charge in [0.2, 0.25) is 0 Å². The van der Waals surface area contributed by atoms with Gasteiger partial charge in [-0.2, -0.15) is 0 Å². The summed E-state index contributed by atoms with van der Waals surface area (Å²) in [5.41, 5.74) is 2.32. The third-order valence-electron chi connectivity index (χ3n) is 2.90. The topological polar surface area (TPSA) is 0 Å². The smallest absolute Gasteiger partial charge is 0.0786 e.